The second kappa shape index (κ2) is 7.54. The summed E-state index contributed by atoms with van der Waals surface area (Å²) in [5.74, 6) is -0.748. The Bertz CT molecular complexity index is 1000. The molecule has 29 heavy (non-hydrogen) atoms. The molecule has 1 saturated heterocycles. The van der Waals surface area contributed by atoms with Gasteiger partial charge in [0.1, 0.15) is 5.70 Å². The summed E-state index contributed by atoms with van der Waals surface area (Å²) in [7, 11) is 0. The molecule has 4 rings (SSSR count). The number of likely N-dealkylation sites (tertiary alicyclic amines) is 1. The Labute approximate surface area is 169 Å². The van der Waals surface area contributed by atoms with Crippen LogP contribution >= 0.6 is 0 Å². The highest BCUT2D eigenvalue weighted by Gasteiger charge is 2.42. The van der Waals surface area contributed by atoms with Gasteiger partial charge in [0.25, 0.3) is 11.8 Å². The fourth-order valence-electron chi connectivity index (χ4n) is 3.86. The zero-order chi connectivity index (χ0) is 20.5. The van der Waals surface area contributed by atoms with Gasteiger partial charge in [-0.1, -0.05) is 29.8 Å². The number of benzene rings is 2. The predicted octanol–water partition coefficient (Wildman–Crippen LogP) is 3.33. The Morgan fingerprint density at radius 1 is 0.897 bits per heavy atom. The molecule has 2 aliphatic heterocycles. The summed E-state index contributed by atoms with van der Waals surface area (Å²) in [5, 5.41) is 2.72. The zero-order valence-corrected chi connectivity index (χ0v) is 16.6. The van der Waals surface area contributed by atoms with Crippen LogP contribution in [0.25, 0.3) is 5.57 Å². The molecule has 0 unspecified atom stereocenters. The maximum absolute atomic E-state index is 13.4. The molecule has 2 heterocycles. The molecule has 2 aromatic rings. The minimum absolute atomic E-state index is 0.160. The first-order valence-electron chi connectivity index (χ1n) is 9.78. The van der Waals surface area contributed by atoms with Crippen molar-refractivity contribution in [3.8, 4) is 0 Å². The molecule has 0 bridgehead atoms. The monoisotopic (exact) mass is 389 g/mol. The van der Waals surface area contributed by atoms with E-state index in [1.807, 2.05) is 24.0 Å². The number of nitrogens with zero attached hydrogens (tertiary/aromatic N) is 2. The summed E-state index contributed by atoms with van der Waals surface area (Å²) < 4.78 is 0. The van der Waals surface area contributed by atoms with Gasteiger partial charge in [0.2, 0.25) is 5.91 Å². The molecular formula is C23H23N3O3. The first-order valence-corrected chi connectivity index (χ1v) is 9.78. The molecule has 2 aliphatic rings. The van der Waals surface area contributed by atoms with Crippen LogP contribution in [0.15, 0.2) is 54.2 Å². The van der Waals surface area contributed by atoms with Gasteiger partial charge in [-0.3, -0.25) is 14.4 Å². The minimum atomic E-state index is -0.312. The van der Waals surface area contributed by atoms with E-state index in [0.717, 1.165) is 31.5 Å². The molecule has 1 N–H and O–H groups in total. The van der Waals surface area contributed by atoms with E-state index < -0.39 is 0 Å². The second-order valence-electron chi connectivity index (χ2n) is 7.46. The Morgan fingerprint density at radius 3 is 2.10 bits per heavy atom. The van der Waals surface area contributed by atoms with Crippen molar-refractivity contribution in [3.63, 3.8) is 0 Å². The van der Waals surface area contributed by atoms with E-state index >= 15 is 0 Å². The molecule has 0 atom stereocenters. The van der Waals surface area contributed by atoms with Crippen molar-refractivity contribution in [3.05, 3.63) is 65.4 Å². The van der Waals surface area contributed by atoms with E-state index in [9.17, 15) is 14.4 Å². The molecule has 0 aliphatic carbocycles. The van der Waals surface area contributed by atoms with E-state index in [1.165, 1.54) is 11.8 Å². The number of anilines is 2. The predicted molar refractivity (Wildman–Crippen MR) is 112 cm³/mol. The van der Waals surface area contributed by atoms with Gasteiger partial charge < -0.3 is 10.2 Å². The average molecular weight is 389 g/mol. The van der Waals surface area contributed by atoms with E-state index in [-0.39, 0.29) is 17.7 Å². The largest absolute Gasteiger partial charge is 0.366 e. The number of hydrogen-bond donors (Lipinski definition) is 1. The number of carbonyl (C=O) groups is 3. The molecule has 0 aromatic heterocycles. The van der Waals surface area contributed by atoms with Crippen molar-refractivity contribution in [2.75, 3.05) is 23.3 Å². The van der Waals surface area contributed by atoms with Gasteiger partial charge in [0, 0.05) is 25.7 Å². The standard InChI is InChI=1S/C23H23N3O3/c1-15-5-11-19(12-6-15)26-22(28)20(21(23(26)29)25-13-3-4-14-25)17-7-9-18(10-8-17)24-16(2)27/h5-12H,3-4,13-14H2,1-2H3,(H,24,27). The Balaban J connectivity index is 1.76. The number of carbonyl (C=O) groups excluding carboxylic acids is 3. The summed E-state index contributed by atoms with van der Waals surface area (Å²) in [6, 6.07) is 14.4. The number of aryl methyl sites for hydroxylation is 1. The van der Waals surface area contributed by atoms with Gasteiger partial charge in [-0.2, -0.15) is 0 Å². The van der Waals surface area contributed by atoms with Crippen LogP contribution in [0.2, 0.25) is 0 Å². The van der Waals surface area contributed by atoms with Gasteiger partial charge in [0.05, 0.1) is 11.3 Å². The topological polar surface area (TPSA) is 69.7 Å². The van der Waals surface area contributed by atoms with Crippen LogP contribution < -0.4 is 10.2 Å². The quantitative estimate of drug-likeness (QED) is 0.815. The lowest BCUT2D eigenvalue weighted by atomic mass is 10.0. The van der Waals surface area contributed by atoms with Crippen molar-refractivity contribution in [2.45, 2.75) is 26.7 Å². The highest BCUT2D eigenvalue weighted by molar-refractivity contribution is 6.45. The van der Waals surface area contributed by atoms with E-state index in [0.29, 0.717) is 28.2 Å². The van der Waals surface area contributed by atoms with Gasteiger partial charge in [-0.15, -0.1) is 0 Å². The first-order chi connectivity index (χ1) is 14.0. The van der Waals surface area contributed by atoms with Gasteiger partial charge in [-0.05, 0) is 49.6 Å². The molecule has 6 nitrogen and oxygen atoms in total. The molecule has 2 aromatic carbocycles. The number of imide groups is 1. The third kappa shape index (κ3) is 3.53. The smallest absolute Gasteiger partial charge is 0.282 e. The SMILES string of the molecule is CC(=O)Nc1ccc(C2=C(N3CCCC3)C(=O)N(c3ccc(C)cc3)C2=O)cc1. The number of rotatable bonds is 4. The van der Waals surface area contributed by atoms with Gasteiger partial charge >= 0.3 is 0 Å². The molecule has 0 spiro atoms. The van der Waals surface area contributed by atoms with E-state index in [2.05, 4.69) is 5.32 Å². The molecular weight excluding hydrogens is 366 g/mol. The van der Waals surface area contributed by atoms with Crippen molar-refractivity contribution in [2.24, 2.45) is 0 Å². The third-order valence-corrected chi connectivity index (χ3v) is 5.27. The average Bonchev–Trinajstić information content (AvgIpc) is 3.29. The van der Waals surface area contributed by atoms with Crippen molar-refractivity contribution in [1.29, 1.82) is 0 Å². The van der Waals surface area contributed by atoms with Crippen LogP contribution in [0.4, 0.5) is 11.4 Å². The lowest BCUT2D eigenvalue weighted by Gasteiger charge is -2.20. The summed E-state index contributed by atoms with van der Waals surface area (Å²) in [6.45, 7) is 4.95. The van der Waals surface area contributed by atoms with E-state index in [4.69, 9.17) is 0 Å². The van der Waals surface area contributed by atoms with Crippen molar-refractivity contribution < 1.29 is 14.4 Å². The third-order valence-electron chi connectivity index (χ3n) is 5.27. The summed E-state index contributed by atoms with van der Waals surface area (Å²) in [6.07, 6.45) is 2.01. The fraction of sp³-hybridized carbons (Fsp3) is 0.261. The fourth-order valence-corrected chi connectivity index (χ4v) is 3.86. The maximum Gasteiger partial charge on any atom is 0.282 e. The molecule has 0 saturated carbocycles. The van der Waals surface area contributed by atoms with Crippen LogP contribution in [-0.4, -0.2) is 35.7 Å². The lowest BCUT2D eigenvalue weighted by Crippen LogP contribution is -2.34. The van der Waals surface area contributed by atoms with Gasteiger partial charge in [-0.25, -0.2) is 4.90 Å². The number of amides is 3. The summed E-state index contributed by atoms with van der Waals surface area (Å²) >= 11 is 0. The zero-order valence-electron chi connectivity index (χ0n) is 16.6. The Hall–Kier alpha value is -3.41. The highest BCUT2D eigenvalue weighted by atomic mass is 16.2. The van der Waals surface area contributed by atoms with Crippen LogP contribution in [0.5, 0.6) is 0 Å². The Kier molecular flexibility index (Phi) is 4.92. The van der Waals surface area contributed by atoms with Crippen LogP contribution in [0, 0.1) is 6.92 Å². The summed E-state index contributed by atoms with van der Waals surface area (Å²) in [4.78, 5) is 41.3. The molecule has 0 radical (unpaired) electrons. The van der Waals surface area contributed by atoms with Gasteiger partial charge in [0.15, 0.2) is 0 Å². The van der Waals surface area contributed by atoms with Crippen LogP contribution in [0.3, 0.4) is 0 Å². The molecule has 6 heteroatoms. The minimum Gasteiger partial charge on any atom is -0.366 e. The molecule has 1 fully saturated rings. The normalized spacial score (nSPS) is 16.8. The second-order valence-corrected chi connectivity index (χ2v) is 7.46. The van der Waals surface area contributed by atoms with Crippen LogP contribution in [-0.2, 0) is 14.4 Å². The van der Waals surface area contributed by atoms with Crippen molar-refractivity contribution in [1.82, 2.24) is 4.90 Å². The lowest BCUT2D eigenvalue weighted by molar-refractivity contribution is -0.120. The number of hydrogen-bond acceptors (Lipinski definition) is 4. The number of nitrogens with one attached hydrogen (secondary N) is 1. The molecule has 148 valence electrons. The Morgan fingerprint density at radius 2 is 1.52 bits per heavy atom. The molecule has 3 amide bonds. The highest BCUT2D eigenvalue weighted by Crippen LogP contribution is 2.36. The van der Waals surface area contributed by atoms with Crippen LogP contribution in [0.1, 0.15) is 30.9 Å². The van der Waals surface area contributed by atoms with Crippen molar-refractivity contribution >= 4 is 34.7 Å². The summed E-state index contributed by atoms with van der Waals surface area (Å²) in [5.41, 5.74) is 3.86. The maximum atomic E-state index is 13.4. The van der Waals surface area contributed by atoms with E-state index in [1.54, 1.807) is 36.4 Å². The first kappa shape index (κ1) is 18.9.